The smallest absolute Gasteiger partial charge is 0.243 e. The monoisotopic (exact) mass is 336 g/mol. The number of hydrogen-bond donors (Lipinski definition) is 3. The van der Waals surface area contributed by atoms with Crippen LogP contribution in [0, 0.1) is 0 Å². The van der Waals surface area contributed by atoms with Crippen LogP contribution in [0.1, 0.15) is 0 Å². The van der Waals surface area contributed by atoms with E-state index in [1.165, 1.54) is 7.11 Å². The van der Waals surface area contributed by atoms with Gasteiger partial charge >= 0.3 is 0 Å². The summed E-state index contributed by atoms with van der Waals surface area (Å²) in [5.41, 5.74) is 6.94. The van der Waals surface area contributed by atoms with E-state index in [-0.39, 0.29) is 18.4 Å². The Balaban J connectivity index is 1.80. The van der Waals surface area contributed by atoms with Gasteiger partial charge in [-0.15, -0.1) is 0 Å². The van der Waals surface area contributed by atoms with Gasteiger partial charge in [0.25, 0.3) is 0 Å². The van der Waals surface area contributed by atoms with Gasteiger partial charge in [-0.1, -0.05) is 0 Å². The molecule has 1 aliphatic heterocycles. The van der Waals surface area contributed by atoms with Crippen LogP contribution in [0.4, 0.5) is 11.4 Å². The molecule has 1 aromatic carbocycles. The van der Waals surface area contributed by atoms with E-state index in [4.69, 9.17) is 15.2 Å². The highest BCUT2D eigenvalue weighted by Gasteiger charge is 2.15. The van der Waals surface area contributed by atoms with Crippen molar-refractivity contribution >= 4 is 23.2 Å². The predicted octanol–water partition coefficient (Wildman–Crippen LogP) is -0.130. The van der Waals surface area contributed by atoms with Gasteiger partial charge in [0, 0.05) is 31.6 Å². The highest BCUT2D eigenvalue weighted by molar-refractivity contribution is 5.95. The molecule has 0 spiro atoms. The normalized spacial score (nSPS) is 16.4. The molecule has 1 aliphatic rings. The molecule has 0 radical (unpaired) electrons. The molecule has 4 N–H and O–H groups in total. The molecule has 1 saturated heterocycles. The Bertz CT molecular complexity index is 544. The van der Waals surface area contributed by atoms with Crippen LogP contribution in [0.3, 0.4) is 0 Å². The molecule has 2 rings (SSSR count). The number of nitrogens with zero attached hydrogens (tertiary/aromatic N) is 1. The van der Waals surface area contributed by atoms with Crippen molar-refractivity contribution in [2.24, 2.45) is 5.73 Å². The van der Waals surface area contributed by atoms with Crippen LogP contribution in [-0.4, -0.2) is 69.3 Å². The molecule has 0 bridgehead atoms. The zero-order chi connectivity index (χ0) is 17.4. The van der Waals surface area contributed by atoms with Crippen LogP contribution in [0.25, 0.3) is 0 Å². The summed E-state index contributed by atoms with van der Waals surface area (Å²) in [7, 11) is 1.49. The third kappa shape index (κ3) is 5.89. The zero-order valence-corrected chi connectivity index (χ0v) is 13.8. The van der Waals surface area contributed by atoms with Crippen molar-refractivity contribution in [1.29, 1.82) is 0 Å². The standard InChI is InChI=1S/C16H24N4O4/c1-23-11-14(17)16(22)19-13-4-2-12(3-5-13)18-15(21)10-20-6-8-24-9-7-20/h2-5,14H,6-11,17H2,1H3,(H,18,21)(H,19,22). The van der Waals surface area contributed by atoms with E-state index < -0.39 is 6.04 Å². The van der Waals surface area contributed by atoms with Gasteiger partial charge in [0.15, 0.2) is 0 Å². The van der Waals surface area contributed by atoms with Crippen molar-refractivity contribution in [3.8, 4) is 0 Å². The predicted molar refractivity (Wildman–Crippen MR) is 90.8 cm³/mol. The Labute approximate surface area is 141 Å². The first kappa shape index (κ1) is 18.3. The molecule has 1 atom stereocenters. The number of carbonyl (C=O) groups excluding carboxylic acids is 2. The highest BCUT2D eigenvalue weighted by Crippen LogP contribution is 2.14. The summed E-state index contributed by atoms with van der Waals surface area (Å²) in [4.78, 5) is 25.8. The van der Waals surface area contributed by atoms with Gasteiger partial charge in [0.05, 0.1) is 26.4 Å². The molecule has 0 aliphatic carbocycles. The number of benzene rings is 1. The molecular formula is C16H24N4O4. The van der Waals surface area contributed by atoms with E-state index in [1.54, 1.807) is 24.3 Å². The number of morpholine rings is 1. The number of rotatable bonds is 7. The molecule has 132 valence electrons. The molecule has 1 heterocycles. The number of hydrogen-bond acceptors (Lipinski definition) is 6. The lowest BCUT2D eigenvalue weighted by Gasteiger charge is -2.25. The Hall–Kier alpha value is -2.00. The summed E-state index contributed by atoms with van der Waals surface area (Å²) in [6.45, 7) is 3.34. The minimum atomic E-state index is -0.720. The second-order valence-corrected chi connectivity index (χ2v) is 5.57. The Morgan fingerprint density at radius 3 is 2.38 bits per heavy atom. The van der Waals surface area contributed by atoms with Crippen LogP contribution >= 0.6 is 0 Å². The summed E-state index contributed by atoms with van der Waals surface area (Å²) in [5.74, 6) is -0.392. The minimum Gasteiger partial charge on any atom is -0.383 e. The van der Waals surface area contributed by atoms with Crippen molar-refractivity contribution < 1.29 is 19.1 Å². The molecule has 2 amide bonds. The molecule has 1 fully saturated rings. The van der Waals surface area contributed by atoms with Crippen LogP contribution in [0.15, 0.2) is 24.3 Å². The zero-order valence-electron chi connectivity index (χ0n) is 13.8. The second-order valence-electron chi connectivity index (χ2n) is 5.57. The first-order valence-corrected chi connectivity index (χ1v) is 7.84. The molecule has 8 nitrogen and oxygen atoms in total. The summed E-state index contributed by atoms with van der Waals surface area (Å²) < 4.78 is 10.1. The third-order valence-electron chi connectivity index (χ3n) is 3.59. The van der Waals surface area contributed by atoms with Crippen molar-refractivity contribution in [1.82, 2.24) is 4.90 Å². The fourth-order valence-corrected chi connectivity index (χ4v) is 2.29. The lowest BCUT2D eigenvalue weighted by Crippen LogP contribution is -2.41. The largest absolute Gasteiger partial charge is 0.383 e. The minimum absolute atomic E-state index is 0.0733. The number of amides is 2. The maximum absolute atomic E-state index is 12.0. The maximum atomic E-state index is 12.0. The first-order chi connectivity index (χ1) is 11.6. The fourth-order valence-electron chi connectivity index (χ4n) is 2.29. The van der Waals surface area contributed by atoms with E-state index in [0.717, 1.165) is 13.1 Å². The fraction of sp³-hybridized carbons (Fsp3) is 0.500. The number of ether oxygens (including phenoxy) is 2. The quantitative estimate of drug-likeness (QED) is 0.640. The summed E-state index contributed by atoms with van der Waals surface area (Å²) in [6.07, 6.45) is 0. The van der Waals surface area contributed by atoms with Gasteiger partial charge in [-0.2, -0.15) is 0 Å². The van der Waals surface area contributed by atoms with E-state index >= 15 is 0 Å². The average Bonchev–Trinajstić information content (AvgIpc) is 2.57. The van der Waals surface area contributed by atoms with E-state index in [9.17, 15) is 9.59 Å². The number of anilines is 2. The van der Waals surface area contributed by atoms with Crippen LogP contribution < -0.4 is 16.4 Å². The molecule has 0 saturated carbocycles. The average molecular weight is 336 g/mol. The summed E-state index contributed by atoms with van der Waals surface area (Å²) in [5, 5.41) is 5.53. The van der Waals surface area contributed by atoms with Crippen LogP contribution in [0.2, 0.25) is 0 Å². The number of methoxy groups -OCH3 is 1. The van der Waals surface area contributed by atoms with Gasteiger partial charge in [-0.25, -0.2) is 0 Å². The number of nitrogens with two attached hydrogens (primary N) is 1. The Morgan fingerprint density at radius 2 is 1.79 bits per heavy atom. The molecule has 1 unspecified atom stereocenters. The molecule has 0 aromatic heterocycles. The Morgan fingerprint density at radius 1 is 1.21 bits per heavy atom. The number of carbonyl (C=O) groups is 2. The van der Waals surface area contributed by atoms with Crippen molar-refractivity contribution in [3.05, 3.63) is 24.3 Å². The van der Waals surface area contributed by atoms with Gasteiger partial charge < -0.3 is 25.8 Å². The second kappa shape index (κ2) is 9.33. The maximum Gasteiger partial charge on any atom is 0.243 e. The van der Waals surface area contributed by atoms with E-state index in [1.807, 2.05) is 4.90 Å². The summed E-state index contributed by atoms with van der Waals surface area (Å²) >= 11 is 0. The molecule has 1 aromatic rings. The Kier molecular flexibility index (Phi) is 7.13. The van der Waals surface area contributed by atoms with E-state index in [2.05, 4.69) is 10.6 Å². The van der Waals surface area contributed by atoms with Crippen molar-refractivity contribution in [2.45, 2.75) is 6.04 Å². The van der Waals surface area contributed by atoms with Crippen LogP contribution in [-0.2, 0) is 19.1 Å². The van der Waals surface area contributed by atoms with E-state index in [0.29, 0.717) is 31.1 Å². The molecular weight excluding hydrogens is 312 g/mol. The van der Waals surface area contributed by atoms with Gasteiger partial charge in [-0.05, 0) is 24.3 Å². The van der Waals surface area contributed by atoms with Gasteiger partial charge in [0.2, 0.25) is 11.8 Å². The SMILES string of the molecule is COCC(N)C(=O)Nc1ccc(NC(=O)CN2CCOCC2)cc1. The van der Waals surface area contributed by atoms with Crippen LogP contribution in [0.5, 0.6) is 0 Å². The highest BCUT2D eigenvalue weighted by atomic mass is 16.5. The third-order valence-corrected chi connectivity index (χ3v) is 3.59. The molecule has 8 heteroatoms. The lowest BCUT2D eigenvalue weighted by molar-refractivity contribution is -0.119. The first-order valence-electron chi connectivity index (χ1n) is 7.84. The van der Waals surface area contributed by atoms with Crippen molar-refractivity contribution in [2.75, 3.05) is 57.2 Å². The lowest BCUT2D eigenvalue weighted by atomic mass is 10.2. The van der Waals surface area contributed by atoms with Gasteiger partial charge in [0.1, 0.15) is 6.04 Å². The number of nitrogens with one attached hydrogen (secondary N) is 2. The topological polar surface area (TPSA) is 106 Å². The van der Waals surface area contributed by atoms with Gasteiger partial charge in [-0.3, -0.25) is 14.5 Å². The molecule has 24 heavy (non-hydrogen) atoms. The summed E-state index contributed by atoms with van der Waals surface area (Å²) in [6, 6.07) is 6.16. The van der Waals surface area contributed by atoms with Crippen molar-refractivity contribution in [3.63, 3.8) is 0 Å².